The molecule has 1 aliphatic rings. The summed E-state index contributed by atoms with van der Waals surface area (Å²) >= 11 is 1.84. The topological polar surface area (TPSA) is 30.7 Å². The average molecular weight is 309 g/mol. The molecule has 2 aromatic rings. The van der Waals surface area contributed by atoms with Gasteiger partial charge in [0, 0.05) is 10.6 Å². The second-order valence-corrected chi connectivity index (χ2v) is 6.57. The molecule has 0 bridgehead atoms. The van der Waals surface area contributed by atoms with Crippen LogP contribution in [0.5, 0.6) is 0 Å². The van der Waals surface area contributed by atoms with Crippen molar-refractivity contribution in [2.45, 2.75) is 38.0 Å². The predicted molar refractivity (Wildman–Crippen MR) is 79.2 cm³/mol. The number of rotatable bonds is 5. The molecule has 3 nitrogen and oxygen atoms in total. The van der Waals surface area contributed by atoms with E-state index >= 15 is 0 Å². The molecule has 1 aromatic carbocycles. The van der Waals surface area contributed by atoms with Gasteiger partial charge in [-0.3, -0.25) is 0 Å². The molecule has 112 valence electrons. The van der Waals surface area contributed by atoms with Crippen LogP contribution in [0.1, 0.15) is 36.2 Å². The minimum atomic E-state index is -2.64. The van der Waals surface area contributed by atoms with Crippen LogP contribution in [0.25, 0.3) is 5.69 Å². The fourth-order valence-electron chi connectivity index (χ4n) is 2.21. The van der Waals surface area contributed by atoms with Gasteiger partial charge < -0.3 is 0 Å². The van der Waals surface area contributed by atoms with Crippen molar-refractivity contribution in [3.63, 3.8) is 0 Å². The summed E-state index contributed by atoms with van der Waals surface area (Å²) in [6.45, 7) is 4.04. The number of hydrogen-bond donors (Lipinski definition) is 0. The van der Waals surface area contributed by atoms with Gasteiger partial charge in [0.2, 0.25) is 5.82 Å². The van der Waals surface area contributed by atoms with Crippen molar-refractivity contribution in [3.05, 3.63) is 35.4 Å². The Morgan fingerprint density at radius 1 is 1.29 bits per heavy atom. The molecule has 1 aromatic heterocycles. The summed E-state index contributed by atoms with van der Waals surface area (Å²) in [6.07, 6.45) is 1.37. The van der Waals surface area contributed by atoms with Crippen LogP contribution < -0.4 is 0 Å². The minimum Gasteiger partial charge on any atom is -0.220 e. The lowest BCUT2D eigenvalue weighted by Gasteiger charge is -2.11. The highest BCUT2D eigenvalue weighted by molar-refractivity contribution is 7.99. The lowest BCUT2D eigenvalue weighted by Crippen LogP contribution is -2.01. The maximum Gasteiger partial charge on any atom is 0.299 e. The second kappa shape index (κ2) is 5.75. The third kappa shape index (κ3) is 3.26. The Morgan fingerprint density at radius 2 is 2.05 bits per heavy atom. The first-order valence-electron chi connectivity index (χ1n) is 6.98. The van der Waals surface area contributed by atoms with E-state index in [0.717, 1.165) is 22.9 Å². The number of hydrogen-bond acceptors (Lipinski definition) is 3. The Morgan fingerprint density at radius 3 is 2.67 bits per heavy atom. The molecule has 1 aliphatic carbocycles. The highest BCUT2D eigenvalue weighted by Crippen LogP contribution is 2.37. The first kappa shape index (κ1) is 14.5. The summed E-state index contributed by atoms with van der Waals surface area (Å²) in [5, 5.41) is 3.87. The van der Waals surface area contributed by atoms with Crippen molar-refractivity contribution < 1.29 is 8.78 Å². The molecule has 21 heavy (non-hydrogen) atoms. The molecule has 0 spiro atoms. The molecule has 0 N–H and O–H groups in total. The van der Waals surface area contributed by atoms with E-state index in [1.54, 1.807) is 0 Å². The van der Waals surface area contributed by atoms with Gasteiger partial charge in [0.15, 0.2) is 0 Å². The van der Waals surface area contributed by atoms with E-state index in [1.165, 1.54) is 34.3 Å². The highest BCUT2D eigenvalue weighted by Gasteiger charge is 2.22. The normalized spacial score (nSPS) is 14.9. The number of aryl methyl sites for hydroxylation is 2. The Kier molecular flexibility index (Phi) is 3.97. The molecule has 1 fully saturated rings. The molecule has 0 radical (unpaired) electrons. The molecule has 1 heterocycles. The molecule has 1 saturated carbocycles. The van der Waals surface area contributed by atoms with E-state index in [9.17, 15) is 8.78 Å². The zero-order chi connectivity index (χ0) is 15.0. The van der Waals surface area contributed by atoms with Gasteiger partial charge in [0.05, 0.1) is 5.69 Å². The van der Waals surface area contributed by atoms with E-state index < -0.39 is 12.2 Å². The van der Waals surface area contributed by atoms with Gasteiger partial charge in [-0.2, -0.15) is 0 Å². The fraction of sp³-hybridized carbons (Fsp3) is 0.467. The van der Waals surface area contributed by atoms with E-state index in [-0.39, 0.29) is 0 Å². The number of alkyl halides is 2. The standard InChI is InChI=1S/C15H17F2N3S/c1-9-5-10(2)13(21-7-11-3-4-11)6-12(9)20-8-18-15(19-20)14(16)17/h5-6,8,11,14H,3-4,7H2,1-2H3. The molecule has 0 unspecified atom stereocenters. The first-order valence-corrected chi connectivity index (χ1v) is 7.97. The minimum absolute atomic E-state index is 0.429. The number of halogens is 2. The molecule has 0 aliphatic heterocycles. The number of thioether (sulfide) groups is 1. The van der Waals surface area contributed by atoms with Crippen LogP contribution >= 0.6 is 11.8 Å². The van der Waals surface area contributed by atoms with E-state index in [0.29, 0.717) is 0 Å². The summed E-state index contributed by atoms with van der Waals surface area (Å²) in [6, 6.07) is 4.11. The summed E-state index contributed by atoms with van der Waals surface area (Å²) < 4.78 is 26.7. The van der Waals surface area contributed by atoms with Gasteiger partial charge in [-0.15, -0.1) is 16.9 Å². The van der Waals surface area contributed by atoms with Gasteiger partial charge in [-0.1, -0.05) is 6.07 Å². The monoisotopic (exact) mass is 309 g/mol. The van der Waals surface area contributed by atoms with Gasteiger partial charge in [-0.25, -0.2) is 18.4 Å². The van der Waals surface area contributed by atoms with Crippen molar-refractivity contribution in [1.29, 1.82) is 0 Å². The van der Waals surface area contributed by atoms with Crippen LogP contribution in [0.4, 0.5) is 8.78 Å². The Bertz CT molecular complexity index is 650. The molecular weight excluding hydrogens is 292 g/mol. The van der Waals surface area contributed by atoms with Crippen molar-refractivity contribution >= 4 is 11.8 Å². The SMILES string of the molecule is Cc1cc(C)c(-n2cnc(C(F)F)n2)cc1SCC1CC1. The predicted octanol–water partition coefficient (Wildman–Crippen LogP) is 4.32. The van der Waals surface area contributed by atoms with Crippen LogP contribution in [0.3, 0.4) is 0 Å². The second-order valence-electron chi connectivity index (χ2n) is 5.51. The van der Waals surface area contributed by atoms with E-state index in [2.05, 4.69) is 23.1 Å². The quantitative estimate of drug-likeness (QED) is 0.771. The summed E-state index contributed by atoms with van der Waals surface area (Å²) in [7, 11) is 0. The number of nitrogens with zero attached hydrogens (tertiary/aromatic N) is 3. The summed E-state index contributed by atoms with van der Waals surface area (Å²) in [5.41, 5.74) is 3.04. The zero-order valence-corrected chi connectivity index (χ0v) is 12.8. The molecular formula is C15H17F2N3S. The van der Waals surface area contributed by atoms with Crippen molar-refractivity contribution in [3.8, 4) is 5.69 Å². The van der Waals surface area contributed by atoms with Crippen molar-refractivity contribution in [1.82, 2.24) is 14.8 Å². The maximum absolute atomic E-state index is 12.6. The summed E-state index contributed by atoms with van der Waals surface area (Å²) in [5.74, 6) is 1.54. The third-order valence-electron chi connectivity index (χ3n) is 3.62. The molecule has 3 rings (SSSR count). The van der Waals surface area contributed by atoms with Gasteiger partial charge in [0.25, 0.3) is 6.43 Å². The van der Waals surface area contributed by atoms with Crippen LogP contribution in [0.15, 0.2) is 23.4 Å². The Labute approximate surface area is 126 Å². The zero-order valence-electron chi connectivity index (χ0n) is 12.0. The van der Waals surface area contributed by atoms with E-state index in [1.807, 2.05) is 24.8 Å². The lowest BCUT2D eigenvalue weighted by molar-refractivity contribution is 0.140. The van der Waals surface area contributed by atoms with Crippen molar-refractivity contribution in [2.75, 3.05) is 5.75 Å². The molecule has 0 atom stereocenters. The van der Waals surface area contributed by atoms with E-state index in [4.69, 9.17) is 0 Å². The highest BCUT2D eigenvalue weighted by atomic mass is 32.2. The van der Waals surface area contributed by atoms with Gasteiger partial charge in [0.1, 0.15) is 6.33 Å². The van der Waals surface area contributed by atoms with Crippen LogP contribution in [-0.4, -0.2) is 20.5 Å². The van der Waals surface area contributed by atoms with Gasteiger partial charge >= 0.3 is 0 Å². The third-order valence-corrected chi connectivity index (χ3v) is 5.01. The number of benzene rings is 1. The van der Waals surface area contributed by atoms with Crippen LogP contribution in [0.2, 0.25) is 0 Å². The largest absolute Gasteiger partial charge is 0.299 e. The first-order chi connectivity index (χ1) is 10.0. The van der Waals surface area contributed by atoms with Crippen LogP contribution in [0, 0.1) is 19.8 Å². The average Bonchev–Trinajstić information content (AvgIpc) is 3.12. The molecule has 0 saturated heterocycles. The fourth-order valence-corrected chi connectivity index (χ4v) is 3.44. The lowest BCUT2D eigenvalue weighted by atomic mass is 10.1. The number of aromatic nitrogens is 3. The van der Waals surface area contributed by atoms with Gasteiger partial charge in [-0.05, 0) is 49.8 Å². The smallest absolute Gasteiger partial charge is 0.220 e. The Hall–Kier alpha value is -1.43. The molecule has 6 heteroatoms. The molecule has 0 amide bonds. The van der Waals surface area contributed by atoms with Crippen LogP contribution in [-0.2, 0) is 0 Å². The maximum atomic E-state index is 12.6. The summed E-state index contributed by atoms with van der Waals surface area (Å²) in [4.78, 5) is 4.86. The Balaban J connectivity index is 1.90. The van der Waals surface area contributed by atoms with Crippen molar-refractivity contribution in [2.24, 2.45) is 5.92 Å².